The third-order valence-electron chi connectivity index (χ3n) is 3.20. The van der Waals surface area contributed by atoms with E-state index in [2.05, 4.69) is 14.5 Å². The lowest BCUT2D eigenvalue weighted by Crippen LogP contribution is -2.25. The summed E-state index contributed by atoms with van der Waals surface area (Å²) in [6, 6.07) is 0. The van der Waals surface area contributed by atoms with Crippen LogP contribution in [0.2, 0.25) is 0 Å². The van der Waals surface area contributed by atoms with Crippen molar-refractivity contribution in [3.63, 3.8) is 0 Å². The monoisotopic (exact) mass is 379 g/mol. The highest BCUT2D eigenvalue weighted by atomic mass is 19.4. The summed E-state index contributed by atoms with van der Waals surface area (Å²) in [4.78, 5) is 27.0. The lowest BCUT2D eigenvalue weighted by Gasteiger charge is -2.22. The number of aromatic nitrogens is 1. The minimum atomic E-state index is -5.26. The molecule has 5 nitrogen and oxygen atoms in total. The second-order valence-electron chi connectivity index (χ2n) is 5.23. The molecular formula is C16H14F5NO4. The topological polar surface area (TPSA) is 65.5 Å². The maximum atomic E-state index is 13.4. The molecule has 0 saturated heterocycles. The number of terminal acetylenes is 1. The highest BCUT2D eigenvalue weighted by Crippen LogP contribution is 2.39. The maximum absolute atomic E-state index is 13.4. The summed E-state index contributed by atoms with van der Waals surface area (Å²) < 4.78 is 75.6. The summed E-state index contributed by atoms with van der Waals surface area (Å²) in [5, 5.41) is 0. The van der Waals surface area contributed by atoms with E-state index < -0.39 is 65.1 Å². The lowest BCUT2D eigenvalue weighted by atomic mass is 9.89. The molecule has 0 aliphatic carbocycles. The Hall–Kier alpha value is -2.70. The first kappa shape index (κ1) is 21.3. The Labute approximate surface area is 145 Å². The maximum Gasteiger partial charge on any atom is 0.434 e. The molecule has 1 aromatic heterocycles. The third-order valence-corrected chi connectivity index (χ3v) is 3.20. The Kier molecular flexibility index (Phi) is 6.66. The second-order valence-corrected chi connectivity index (χ2v) is 5.23. The zero-order valence-corrected chi connectivity index (χ0v) is 13.9. The predicted octanol–water partition coefficient (Wildman–Crippen LogP) is 3.74. The van der Waals surface area contributed by atoms with Crippen molar-refractivity contribution in [2.45, 2.75) is 32.4 Å². The number of hydrogen-bond donors (Lipinski definition) is 0. The van der Waals surface area contributed by atoms with E-state index in [4.69, 9.17) is 6.42 Å². The Morgan fingerprint density at radius 3 is 2.15 bits per heavy atom. The van der Waals surface area contributed by atoms with Crippen molar-refractivity contribution in [3.05, 3.63) is 28.1 Å². The van der Waals surface area contributed by atoms with Gasteiger partial charge in [0.1, 0.15) is 5.69 Å². The molecule has 1 heterocycles. The van der Waals surface area contributed by atoms with Crippen molar-refractivity contribution >= 4 is 11.9 Å². The van der Waals surface area contributed by atoms with Crippen molar-refractivity contribution in [3.8, 4) is 12.3 Å². The van der Waals surface area contributed by atoms with Gasteiger partial charge in [-0.2, -0.15) is 13.2 Å². The van der Waals surface area contributed by atoms with Gasteiger partial charge in [0.05, 0.1) is 18.2 Å². The molecule has 0 fully saturated rings. The molecule has 0 spiro atoms. The molecule has 0 saturated carbocycles. The third kappa shape index (κ3) is 4.28. The molecule has 0 atom stereocenters. The number of nitrogens with zero attached hydrogens (tertiary/aromatic N) is 1. The van der Waals surface area contributed by atoms with E-state index in [0.717, 1.165) is 7.11 Å². The smallest absolute Gasteiger partial charge is 0.434 e. The molecule has 0 radical (unpaired) electrons. The molecule has 0 bridgehead atoms. The molecule has 0 N–H and O–H groups in total. The second kappa shape index (κ2) is 8.12. The predicted molar refractivity (Wildman–Crippen MR) is 78.7 cm³/mol. The SMILES string of the molecule is C#CCOC(=O)c1c(C(F)(F)F)nc(C(F)F)c(C(=O)OC)c1C(C)C. The largest absolute Gasteiger partial charge is 0.465 e. The number of carbonyl (C=O) groups is 2. The van der Waals surface area contributed by atoms with E-state index in [9.17, 15) is 31.5 Å². The van der Waals surface area contributed by atoms with Gasteiger partial charge in [0.25, 0.3) is 6.43 Å². The van der Waals surface area contributed by atoms with Crippen LogP contribution in [-0.4, -0.2) is 30.6 Å². The fourth-order valence-electron chi connectivity index (χ4n) is 2.27. The summed E-state index contributed by atoms with van der Waals surface area (Å²) in [6.07, 6.45) is -3.87. The molecule has 26 heavy (non-hydrogen) atoms. The van der Waals surface area contributed by atoms with Gasteiger partial charge in [-0.15, -0.1) is 6.42 Å². The molecule has 0 unspecified atom stereocenters. The van der Waals surface area contributed by atoms with Crippen molar-refractivity contribution in [1.82, 2.24) is 4.98 Å². The van der Waals surface area contributed by atoms with E-state index in [-0.39, 0.29) is 0 Å². The Morgan fingerprint density at radius 1 is 1.19 bits per heavy atom. The fourth-order valence-corrected chi connectivity index (χ4v) is 2.27. The number of carbonyl (C=O) groups excluding carboxylic acids is 2. The van der Waals surface area contributed by atoms with E-state index in [0.29, 0.717) is 0 Å². The first-order chi connectivity index (χ1) is 12.0. The van der Waals surface area contributed by atoms with Crippen LogP contribution >= 0.6 is 0 Å². The summed E-state index contributed by atoms with van der Waals surface area (Å²) >= 11 is 0. The zero-order chi connectivity index (χ0) is 20.2. The minimum Gasteiger partial charge on any atom is -0.465 e. The summed E-state index contributed by atoms with van der Waals surface area (Å²) in [7, 11) is 0.857. The minimum absolute atomic E-state index is 0.600. The Balaban J connectivity index is 4.03. The first-order valence-electron chi connectivity index (χ1n) is 7.09. The zero-order valence-electron chi connectivity index (χ0n) is 13.9. The number of rotatable bonds is 5. The quantitative estimate of drug-likeness (QED) is 0.443. The van der Waals surface area contributed by atoms with Crippen LogP contribution in [0.25, 0.3) is 0 Å². The van der Waals surface area contributed by atoms with Crippen LogP contribution in [0.15, 0.2) is 0 Å². The Morgan fingerprint density at radius 2 is 1.77 bits per heavy atom. The number of pyridine rings is 1. The molecule has 0 aliphatic rings. The van der Waals surface area contributed by atoms with Gasteiger partial charge in [-0.1, -0.05) is 19.8 Å². The highest BCUT2D eigenvalue weighted by molar-refractivity contribution is 6.00. The molecule has 0 aliphatic heterocycles. The van der Waals surface area contributed by atoms with E-state index >= 15 is 0 Å². The molecule has 0 aromatic carbocycles. The first-order valence-corrected chi connectivity index (χ1v) is 7.09. The standard InChI is InChI=1S/C16H14F5NO4/c1-5-6-26-15(24)10-8(7(2)3)9(14(23)25-4)11(13(17)18)22-12(10)16(19,20)21/h1,7,13H,6H2,2-4H3. The normalized spacial score (nSPS) is 11.4. The number of halogens is 5. The van der Waals surface area contributed by atoms with Gasteiger partial charge in [-0.05, 0) is 11.5 Å². The van der Waals surface area contributed by atoms with Gasteiger partial charge in [-0.25, -0.2) is 23.4 Å². The van der Waals surface area contributed by atoms with Gasteiger partial charge in [-0.3, -0.25) is 0 Å². The van der Waals surface area contributed by atoms with Crippen molar-refractivity contribution in [2.24, 2.45) is 0 Å². The van der Waals surface area contributed by atoms with E-state index in [1.807, 2.05) is 5.92 Å². The van der Waals surface area contributed by atoms with Crippen molar-refractivity contribution in [2.75, 3.05) is 13.7 Å². The summed E-state index contributed by atoms with van der Waals surface area (Å²) in [5.74, 6) is -1.93. The Bertz CT molecular complexity index is 750. The van der Waals surface area contributed by atoms with Crippen molar-refractivity contribution in [1.29, 1.82) is 0 Å². The average molecular weight is 379 g/mol. The van der Waals surface area contributed by atoms with Crippen LogP contribution in [0.5, 0.6) is 0 Å². The molecule has 0 amide bonds. The van der Waals surface area contributed by atoms with Crippen LogP contribution in [0.1, 0.15) is 63.9 Å². The van der Waals surface area contributed by atoms with E-state index in [1.54, 1.807) is 0 Å². The molecular weight excluding hydrogens is 365 g/mol. The molecule has 10 heteroatoms. The van der Waals surface area contributed by atoms with Gasteiger partial charge in [0.2, 0.25) is 0 Å². The van der Waals surface area contributed by atoms with Crippen LogP contribution in [-0.2, 0) is 15.7 Å². The van der Waals surface area contributed by atoms with Crippen LogP contribution in [0, 0.1) is 12.3 Å². The van der Waals surface area contributed by atoms with Gasteiger partial charge < -0.3 is 9.47 Å². The summed E-state index contributed by atoms with van der Waals surface area (Å²) in [5.41, 5.74) is -5.96. The fraction of sp³-hybridized carbons (Fsp3) is 0.438. The average Bonchev–Trinajstić information content (AvgIpc) is 2.55. The number of methoxy groups -OCH3 is 1. The van der Waals surface area contributed by atoms with Crippen molar-refractivity contribution < 1.29 is 41.0 Å². The number of hydrogen-bond acceptors (Lipinski definition) is 5. The molecule has 1 aromatic rings. The van der Waals surface area contributed by atoms with E-state index in [1.165, 1.54) is 13.8 Å². The molecule has 1 rings (SSSR count). The van der Waals surface area contributed by atoms with Crippen LogP contribution in [0.4, 0.5) is 22.0 Å². The van der Waals surface area contributed by atoms with Gasteiger partial charge >= 0.3 is 18.1 Å². The van der Waals surface area contributed by atoms with Gasteiger partial charge in [0.15, 0.2) is 12.3 Å². The lowest BCUT2D eigenvalue weighted by molar-refractivity contribution is -0.142. The number of ether oxygens (including phenoxy) is 2. The van der Waals surface area contributed by atoms with Crippen LogP contribution in [0.3, 0.4) is 0 Å². The number of esters is 2. The molecule has 142 valence electrons. The van der Waals surface area contributed by atoms with Crippen LogP contribution < -0.4 is 0 Å². The highest BCUT2D eigenvalue weighted by Gasteiger charge is 2.43. The summed E-state index contributed by atoms with van der Waals surface area (Å²) in [6.45, 7) is 1.97. The van der Waals surface area contributed by atoms with Gasteiger partial charge in [0, 0.05) is 0 Å². The number of alkyl halides is 5.